The molecule has 7 nitrogen and oxygen atoms in total. The number of ketones is 1. The van der Waals surface area contributed by atoms with Crippen molar-refractivity contribution in [3.63, 3.8) is 0 Å². The number of hydrogen-bond acceptors (Lipinski definition) is 7. The van der Waals surface area contributed by atoms with Gasteiger partial charge in [0.25, 0.3) is 0 Å². The Morgan fingerprint density at radius 2 is 1.42 bits per heavy atom. The summed E-state index contributed by atoms with van der Waals surface area (Å²) in [5, 5.41) is 4.22. The Balaban J connectivity index is 1.87. The third kappa shape index (κ3) is 4.21. The summed E-state index contributed by atoms with van der Waals surface area (Å²) in [7, 11) is 4.40. The Morgan fingerprint density at radius 1 is 0.758 bits per heavy atom. The number of nitrogens with zero attached hydrogens (tertiary/aromatic N) is 1. The number of hydrogen-bond donors (Lipinski definition) is 0. The molecule has 0 atom stereocenters. The molecule has 33 heavy (non-hydrogen) atoms. The predicted octanol–water partition coefficient (Wildman–Crippen LogP) is 5.04. The highest BCUT2D eigenvalue weighted by Crippen LogP contribution is 2.38. The van der Waals surface area contributed by atoms with E-state index in [1.165, 1.54) is 14.2 Å². The minimum Gasteiger partial charge on any atom is -0.493 e. The van der Waals surface area contributed by atoms with Gasteiger partial charge >= 0.3 is 5.97 Å². The second kappa shape index (κ2) is 9.40. The van der Waals surface area contributed by atoms with Gasteiger partial charge < -0.3 is 18.7 Å². The van der Waals surface area contributed by atoms with Gasteiger partial charge in [0.1, 0.15) is 5.69 Å². The van der Waals surface area contributed by atoms with Crippen LogP contribution in [0.15, 0.2) is 77.3 Å². The van der Waals surface area contributed by atoms with Crippen LogP contribution in [0.25, 0.3) is 22.6 Å². The van der Waals surface area contributed by atoms with Crippen LogP contribution in [0.3, 0.4) is 0 Å². The molecule has 0 saturated carbocycles. The van der Waals surface area contributed by atoms with E-state index in [9.17, 15) is 9.59 Å². The number of rotatable bonds is 7. The van der Waals surface area contributed by atoms with Gasteiger partial charge in [0, 0.05) is 16.7 Å². The summed E-state index contributed by atoms with van der Waals surface area (Å²) in [4.78, 5) is 25.4. The van der Waals surface area contributed by atoms with Crippen molar-refractivity contribution in [2.75, 3.05) is 21.3 Å². The van der Waals surface area contributed by atoms with Crippen molar-refractivity contribution in [3.05, 3.63) is 89.5 Å². The summed E-state index contributed by atoms with van der Waals surface area (Å²) in [6.45, 7) is 0. The second-order valence-electron chi connectivity index (χ2n) is 7.07. The lowest BCUT2D eigenvalue weighted by molar-refractivity contribution is 0.0600. The number of ether oxygens (including phenoxy) is 3. The highest BCUT2D eigenvalue weighted by molar-refractivity contribution is 6.15. The summed E-state index contributed by atoms with van der Waals surface area (Å²) >= 11 is 0. The van der Waals surface area contributed by atoms with Gasteiger partial charge in [-0.05, 0) is 30.3 Å². The maximum atomic E-state index is 13.6. The maximum absolute atomic E-state index is 13.6. The van der Waals surface area contributed by atoms with Crippen molar-refractivity contribution in [2.24, 2.45) is 0 Å². The van der Waals surface area contributed by atoms with E-state index in [2.05, 4.69) is 5.16 Å². The van der Waals surface area contributed by atoms with E-state index >= 15 is 0 Å². The van der Waals surface area contributed by atoms with E-state index in [0.29, 0.717) is 50.8 Å². The molecule has 1 heterocycles. The zero-order chi connectivity index (χ0) is 23.4. The third-order valence-electron chi connectivity index (χ3n) is 5.18. The quantitative estimate of drug-likeness (QED) is 0.292. The Bertz CT molecular complexity index is 1290. The number of carbonyl (C=O) groups excluding carboxylic acids is 2. The van der Waals surface area contributed by atoms with Crippen LogP contribution in [0.4, 0.5) is 0 Å². The molecule has 7 heteroatoms. The van der Waals surface area contributed by atoms with Crippen LogP contribution in [0.2, 0.25) is 0 Å². The zero-order valence-corrected chi connectivity index (χ0v) is 18.3. The second-order valence-corrected chi connectivity index (χ2v) is 7.07. The highest BCUT2D eigenvalue weighted by Gasteiger charge is 2.27. The molecule has 1 aromatic heterocycles. The average molecular weight is 443 g/mol. The first-order valence-corrected chi connectivity index (χ1v) is 10.1. The lowest BCUT2D eigenvalue weighted by Gasteiger charge is -2.09. The third-order valence-corrected chi connectivity index (χ3v) is 5.18. The molecule has 4 aromatic rings. The van der Waals surface area contributed by atoms with Crippen LogP contribution < -0.4 is 9.47 Å². The van der Waals surface area contributed by atoms with Crippen molar-refractivity contribution in [1.29, 1.82) is 0 Å². The first-order chi connectivity index (χ1) is 16.1. The number of benzene rings is 3. The van der Waals surface area contributed by atoms with E-state index in [4.69, 9.17) is 18.7 Å². The zero-order valence-electron chi connectivity index (χ0n) is 18.3. The van der Waals surface area contributed by atoms with Gasteiger partial charge in [-0.25, -0.2) is 4.79 Å². The van der Waals surface area contributed by atoms with E-state index < -0.39 is 5.97 Å². The monoisotopic (exact) mass is 443 g/mol. The summed E-state index contributed by atoms with van der Waals surface area (Å²) in [5.41, 5.74) is 2.79. The number of aromatic nitrogens is 1. The van der Waals surface area contributed by atoms with Crippen LogP contribution in [0, 0.1) is 0 Å². The van der Waals surface area contributed by atoms with Crippen LogP contribution in [0.5, 0.6) is 11.5 Å². The normalized spacial score (nSPS) is 10.5. The van der Waals surface area contributed by atoms with Gasteiger partial charge in [-0.15, -0.1) is 0 Å². The lowest BCUT2D eigenvalue weighted by Crippen LogP contribution is -2.04. The fourth-order valence-corrected chi connectivity index (χ4v) is 3.49. The molecule has 0 aliphatic carbocycles. The molecule has 0 saturated heterocycles. The molecular formula is C26H21NO6. The first kappa shape index (κ1) is 21.8. The minimum absolute atomic E-state index is 0.242. The molecule has 0 spiro atoms. The average Bonchev–Trinajstić information content (AvgIpc) is 3.33. The number of methoxy groups -OCH3 is 3. The maximum Gasteiger partial charge on any atom is 0.337 e. The molecule has 0 aliphatic rings. The van der Waals surface area contributed by atoms with E-state index in [1.54, 1.807) is 73.8 Å². The largest absolute Gasteiger partial charge is 0.493 e. The van der Waals surface area contributed by atoms with Crippen LogP contribution in [0.1, 0.15) is 26.3 Å². The van der Waals surface area contributed by atoms with Gasteiger partial charge in [-0.2, -0.15) is 0 Å². The molecule has 166 valence electrons. The van der Waals surface area contributed by atoms with E-state index in [1.807, 2.05) is 6.07 Å². The molecule has 0 aliphatic heterocycles. The Hall–Kier alpha value is -4.39. The smallest absolute Gasteiger partial charge is 0.337 e. The molecule has 0 fully saturated rings. The highest BCUT2D eigenvalue weighted by atomic mass is 16.5. The van der Waals surface area contributed by atoms with E-state index in [-0.39, 0.29) is 5.78 Å². The summed E-state index contributed by atoms with van der Waals surface area (Å²) < 4.78 is 21.2. The molecule has 3 aromatic carbocycles. The molecule has 0 amide bonds. The molecule has 0 bridgehead atoms. The Labute approximate surface area is 190 Å². The fourth-order valence-electron chi connectivity index (χ4n) is 3.49. The van der Waals surface area contributed by atoms with Crippen LogP contribution in [-0.2, 0) is 4.74 Å². The van der Waals surface area contributed by atoms with Gasteiger partial charge in [0.15, 0.2) is 23.0 Å². The van der Waals surface area contributed by atoms with Crippen molar-refractivity contribution < 1.29 is 28.3 Å². The summed E-state index contributed by atoms with van der Waals surface area (Å²) in [6, 6.07) is 20.8. The lowest BCUT2D eigenvalue weighted by atomic mass is 9.95. The van der Waals surface area contributed by atoms with Gasteiger partial charge in [0.05, 0.1) is 32.5 Å². The van der Waals surface area contributed by atoms with Crippen molar-refractivity contribution in [2.45, 2.75) is 0 Å². The number of esters is 1. The molecular weight excluding hydrogens is 422 g/mol. The Morgan fingerprint density at radius 3 is 2.06 bits per heavy atom. The van der Waals surface area contributed by atoms with Gasteiger partial charge in [0.2, 0.25) is 0 Å². The summed E-state index contributed by atoms with van der Waals surface area (Å²) in [6.07, 6.45) is 0. The topological polar surface area (TPSA) is 87.9 Å². The van der Waals surface area contributed by atoms with Gasteiger partial charge in [-0.3, -0.25) is 4.79 Å². The van der Waals surface area contributed by atoms with Crippen LogP contribution >= 0.6 is 0 Å². The van der Waals surface area contributed by atoms with Gasteiger partial charge in [-0.1, -0.05) is 47.6 Å². The van der Waals surface area contributed by atoms with Crippen molar-refractivity contribution >= 4 is 11.8 Å². The fraction of sp³-hybridized carbons (Fsp3) is 0.115. The summed E-state index contributed by atoms with van der Waals surface area (Å²) in [5.74, 6) is 0.655. The molecule has 0 radical (unpaired) electrons. The predicted molar refractivity (Wildman–Crippen MR) is 122 cm³/mol. The van der Waals surface area contributed by atoms with Crippen LogP contribution in [-0.4, -0.2) is 38.2 Å². The molecule has 0 N–H and O–H groups in total. The van der Waals surface area contributed by atoms with Crippen molar-refractivity contribution in [1.82, 2.24) is 5.16 Å². The standard InChI is InChI=1S/C26H21NO6/c1-30-20-14-13-19(15-21(20)31-2)25-22(24(28)17-7-5-4-6-8-17)23(27-33-25)16-9-11-18(12-10-16)26(29)32-3/h4-15H,1-3H3. The Kier molecular flexibility index (Phi) is 6.22. The number of carbonyl (C=O) groups is 2. The minimum atomic E-state index is -0.451. The molecule has 4 rings (SSSR count). The van der Waals surface area contributed by atoms with E-state index in [0.717, 1.165) is 0 Å². The SMILES string of the molecule is COC(=O)c1ccc(-c2noc(-c3ccc(OC)c(OC)c3)c2C(=O)c2ccccc2)cc1. The molecule has 0 unspecified atom stereocenters. The first-order valence-electron chi connectivity index (χ1n) is 10.1. The van der Waals surface area contributed by atoms with Crippen molar-refractivity contribution in [3.8, 4) is 34.1 Å².